The van der Waals surface area contributed by atoms with Gasteiger partial charge in [-0.3, -0.25) is 0 Å². The molecule has 58 heavy (non-hydrogen) atoms. The van der Waals surface area contributed by atoms with Gasteiger partial charge in [0.05, 0.1) is 0 Å². The van der Waals surface area contributed by atoms with Crippen LogP contribution in [0.5, 0.6) is 0 Å². The second-order valence-electron chi connectivity index (χ2n) is 14.2. The second-order valence-corrected chi connectivity index (χ2v) is 16.0. The maximum absolute atomic E-state index is 3.50. The summed E-state index contributed by atoms with van der Waals surface area (Å²) in [4.78, 5) is 0. The van der Waals surface area contributed by atoms with E-state index in [9.17, 15) is 0 Å². The zero-order chi connectivity index (χ0) is 39.3. The minimum Gasteiger partial charge on any atom is -0.356 e. The van der Waals surface area contributed by atoms with E-state index in [1.807, 2.05) is 24.3 Å². The summed E-state index contributed by atoms with van der Waals surface area (Å²) >= 11 is 6.96. The van der Waals surface area contributed by atoms with Gasteiger partial charge in [-0.15, -0.1) is 0 Å². The van der Waals surface area contributed by atoms with E-state index in [2.05, 4.69) is 237 Å². The van der Waals surface area contributed by atoms with Gasteiger partial charge in [0.1, 0.15) is 0 Å². The average molecular weight is 875 g/mol. The Morgan fingerprint density at radius 2 is 0.603 bits per heavy atom. The molecule has 0 heterocycles. The Hall–Kier alpha value is -6.46. The Morgan fingerprint density at radius 1 is 0.259 bits per heavy atom. The monoisotopic (exact) mass is 872 g/mol. The molecule has 0 radical (unpaired) electrons. The van der Waals surface area contributed by atoms with Crippen LogP contribution in [0.15, 0.2) is 227 Å². The standard InChI is InChI=1S/C32H22BrN.C22H16BrN/c33-24-16-20-26(21-17-24)34-25-18-14-23(15-19-25)32-29-12-6-4-10-27(29)31(22-8-2-1-3-9-22)28-11-5-7-13-30(28)32;23-18-10-14-20(15-11-18)24-19-12-8-17(9-13-19)22-7-3-5-16-4-1-2-6-21(16)22/h1-21,34H;1-15,24H. The molecule has 0 spiro atoms. The molecule has 0 saturated carbocycles. The van der Waals surface area contributed by atoms with Crippen molar-refractivity contribution >= 4 is 86.9 Å². The van der Waals surface area contributed by atoms with Crippen LogP contribution in [0.3, 0.4) is 0 Å². The quantitative estimate of drug-likeness (QED) is 0.156. The average Bonchev–Trinajstić information content (AvgIpc) is 3.28. The van der Waals surface area contributed by atoms with Crippen LogP contribution in [0.25, 0.3) is 65.7 Å². The maximum Gasteiger partial charge on any atom is 0.0384 e. The lowest BCUT2D eigenvalue weighted by Gasteiger charge is -2.18. The maximum atomic E-state index is 3.50. The third-order valence-electron chi connectivity index (χ3n) is 10.4. The number of halogens is 2. The number of fused-ring (bicyclic) bond motifs is 3. The fraction of sp³-hybridized carbons (Fsp3) is 0. The van der Waals surface area contributed by atoms with Crippen LogP contribution in [0.2, 0.25) is 0 Å². The van der Waals surface area contributed by atoms with Crippen molar-refractivity contribution in [2.45, 2.75) is 0 Å². The topological polar surface area (TPSA) is 24.1 Å². The van der Waals surface area contributed by atoms with Crippen molar-refractivity contribution in [2.75, 3.05) is 10.6 Å². The molecule has 0 aliphatic rings. The minimum atomic E-state index is 1.07. The van der Waals surface area contributed by atoms with Gasteiger partial charge in [0.15, 0.2) is 0 Å². The van der Waals surface area contributed by atoms with Crippen molar-refractivity contribution in [3.05, 3.63) is 227 Å². The molecule has 0 unspecified atom stereocenters. The van der Waals surface area contributed by atoms with E-state index in [0.717, 1.165) is 31.7 Å². The third-order valence-corrected chi connectivity index (χ3v) is 11.5. The van der Waals surface area contributed by atoms with E-state index in [4.69, 9.17) is 0 Å². The summed E-state index contributed by atoms with van der Waals surface area (Å²) in [7, 11) is 0. The van der Waals surface area contributed by atoms with Gasteiger partial charge in [-0.25, -0.2) is 0 Å². The van der Waals surface area contributed by atoms with Crippen LogP contribution in [-0.2, 0) is 0 Å². The van der Waals surface area contributed by atoms with Gasteiger partial charge in [-0.1, -0.05) is 177 Å². The van der Waals surface area contributed by atoms with E-state index >= 15 is 0 Å². The zero-order valence-corrected chi connectivity index (χ0v) is 34.7. The number of rotatable bonds is 7. The van der Waals surface area contributed by atoms with Crippen molar-refractivity contribution in [1.29, 1.82) is 0 Å². The molecule has 4 heteroatoms. The fourth-order valence-electron chi connectivity index (χ4n) is 7.69. The minimum absolute atomic E-state index is 1.07. The molecule has 0 saturated heterocycles. The Morgan fingerprint density at radius 3 is 1.07 bits per heavy atom. The van der Waals surface area contributed by atoms with Gasteiger partial charge >= 0.3 is 0 Å². The predicted octanol–water partition coefficient (Wildman–Crippen LogP) is 16.8. The van der Waals surface area contributed by atoms with E-state index < -0.39 is 0 Å². The van der Waals surface area contributed by atoms with Crippen LogP contribution in [0, 0.1) is 0 Å². The van der Waals surface area contributed by atoms with E-state index in [1.165, 1.54) is 65.7 Å². The highest BCUT2D eigenvalue weighted by Gasteiger charge is 2.16. The lowest BCUT2D eigenvalue weighted by atomic mass is 9.86. The summed E-state index contributed by atoms with van der Waals surface area (Å²) in [5.74, 6) is 0. The van der Waals surface area contributed by atoms with Gasteiger partial charge in [-0.2, -0.15) is 0 Å². The van der Waals surface area contributed by atoms with Crippen LogP contribution in [-0.4, -0.2) is 0 Å². The second kappa shape index (κ2) is 17.0. The summed E-state index contributed by atoms with van der Waals surface area (Å²) in [6, 6.07) is 77.0. The van der Waals surface area contributed by atoms with Gasteiger partial charge in [0.25, 0.3) is 0 Å². The SMILES string of the molecule is Brc1ccc(Nc2ccc(-c3c4ccccc4c(-c4ccccc4)c4ccccc34)cc2)cc1.Brc1ccc(Nc2ccc(-c3cccc4ccccc34)cc2)cc1. The molecule has 0 atom stereocenters. The number of hydrogen-bond donors (Lipinski definition) is 2. The molecular weight excluding hydrogens is 836 g/mol. The molecule has 0 aromatic heterocycles. The van der Waals surface area contributed by atoms with Crippen molar-refractivity contribution in [1.82, 2.24) is 0 Å². The van der Waals surface area contributed by atoms with Crippen LogP contribution in [0.1, 0.15) is 0 Å². The summed E-state index contributed by atoms with van der Waals surface area (Å²) in [6.07, 6.45) is 0. The normalized spacial score (nSPS) is 10.9. The first-order valence-corrected chi connectivity index (χ1v) is 20.9. The molecule has 0 aliphatic heterocycles. The molecule has 0 amide bonds. The predicted molar refractivity (Wildman–Crippen MR) is 257 cm³/mol. The molecule has 278 valence electrons. The number of benzene rings is 10. The molecule has 0 fully saturated rings. The van der Waals surface area contributed by atoms with Crippen molar-refractivity contribution in [3.63, 3.8) is 0 Å². The molecule has 10 aromatic rings. The largest absolute Gasteiger partial charge is 0.356 e. The van der Waals surface area contributed by atoms with Crippen LogP contribution in [0.4, 0.5) is 22.7 Å². The van der Waals surface area contributed by atoms with E-state index in [0.29, 0.717) is 0 Å². The van der Waals surface area contributed by atoms with Gasteiger partial charge in [0, 0.05) is 31.7 Å². The van der Waals surface area contributed by atoms with E-state index in [-0.39, 0.29) is 0 Å². The Bertz CT molecular complexity index is 2920. The van der Waals surface area contributed by atoms with Gasteiger partial charge in [-0.05, 0) is 138 Å². The van der Waals surface area contributed by atoms with Crippen molar-refractivity contribution in [2.24, 2.45) is 0 Å². The highest BCUT2D eigenvalue weighted by atomic mass is 79.9. The molecular formula is C54H38Br2N2. The van der Waals surface area contributed by atoms with Crippen LogP contribution >= 0.6 is 31.9 Å². The first-order chi connectivity index (χ1) is 28.6. The Labute approximate surface area is 356 Å². The number of hydrogen-bond acceptors (Lipinski definition) is 2. The number of anilines is 4. The molecule has 0 bridgehead atoms. The van der Waals surface area contributed by atoms with Crippen LogP contribution < -0.4 is 10.6 Å². The van der Waals surface area contributed by atoms with E-state index in [1.54, 1.807) is 0 Å². The fourth-order valence-corrected chi connectivity index (χ4v) is 8.21. The summed E-state index contributed by atoms with van der Waals surface area (Å²) in [5, 5.41) is 14.6. The Kier molecular flexibility index (Phi) is 10.9. The highest BCUT2D eigenvalue weighted by molar-refractivity contribution is 9.10. The molecule has 0 aliphatic carbocycles. The third kappa shape index (κ3) is 8.03. The van der Waals surface area contributed by atoms with Crippen molar-refractivity contribution < 1.29 is 0 Å². The smallest absolute Gasteiger partial charge is 0.0384 e. The molecule has 10 rings (SSSR count). The first-order valence-electron chi connectivity index (χ1n) is 19.3. The zero-order valence-electron chi connectivity index (χ0n) is 31.5. The molecule has 2 nitrogen and oxygen atoms in total. The van der Waals surface area contributed by atoms with Gasteiger partial charge in [0.2, 0.25) is 0 Å². The van der Waals surface area contributed by atoms with Crippen molar-refractivity contribution in [3.8, 4) is 33.4 Å². The number of nitrogens with one attached hydrogen (secondary N) is 2. The highest BCUT2D eigenvalue weighted by Crippen LogP contribution is 2.43. The summed E-state index contributed by atoms with van der Waals surface area (Å²) in [5.41, 5.74) is 11.8. The van der Waals surface area contributed by atoms with Gasteiger partial charge < -0.3 is 10.6 Å². The Balaban J connectivity index is 0.000000160. The molecule has 10 aromatic carbocycles. The summed E-state index contributed by atoms with van der Waals surface area (Å²) < 4.78 is 2.16. The summed E-state index contributed by atoms with van der Waals surface area (Å²) in [6.45, 7) is 0. The lowest BCUT2D eigenvalue weighted by Crippen LogP contribution is -1.92. The first kappa shape index (κ1) is 37.1. The molecule has 2 N–H and O–H groups in total. The lowest BCUT2D eigenvalue weighted by molar-refractivity contribution is 1.53.